The molecule has 0 amide bonds. The molecule has 0 spiro atoms. The molecule has 4 heterocycles. The average molecular weight is 778 g/mol. The number of aryl methyl sites for hydroxylation is 1. The Labute approximate surface area is 311 Å². The molecule has 4 aromatic rings. The summed E-state index contributed by atoms with van der Waals surface area (Å²) in [4.78, 5) is 26.7. The van der Waals surface area contributed by atoms with Crippen molar-refractivity contribution in [1.82, 2.24) is 28.9 Å². The molecule has 0 fully saturated rings. The third kappa shape index (κ3) is 11.8. The van der Waals surface area contributed by atoms with Gasteiger partial charge in [-0.15, -0.1) is 0 Å². The first kappa shape index (κ1) is 41.8. The first-order chi connectivity index (χ1) is 24.5. The Morgan fingerprint density at radius 1 is 0.925 bits per heavy atom. The topological polar surface area (TPSA) is 119 Å². The first-order valence-corrected chi connectivity index (χ1v) is 24.3. The lowest BCUT2D eigenvalue weighted by Crippen LogP contribution is -2.41. The van der Waals surface area contributed by atoms with Crippen LogP contribution in [0.15, 0.2) is 47.9 Å². The molecular formula is C36H54F3N7O5Si2. The van der Waals surface area contributed by atoms with Gasteiger partial charge < -0.3 is 28.5 Å². The molecule has 0 aromatic carbocycles. The van der Waals surface area contributed by atoms with Crippen molar-refractivity contribution in [3.05, 3.63) is 53.5 Å². The quantitative estimate of drug-likeness (QED) is 0.0836. The minimum Gasteiger partial charge on any atom is -0.490 e. The fourth-order valence-electron chi connectivity index (χ4n) is 4.90. The number of hydrogen-bond acceptors (Lipinski definition) is 9. The monoisotopic (exact) mass is 777 g/mol. The lowest BCUT2D eigenvalue weighted by atomic mass is 10.1. The van der Waals surface area contributed by atoms with Crippen molar-refractivity contribution in [1.29, 1.82) is 0 Å². The minimum absolute atomic E-state index is 0.0431. The van der Waals surface area contributed by atoms with Gasteiger partial charge in [0.2, 0.25) is 0 Å². The van der Waals surface area contributed by atoms with E-state index in [1.165, 1.54) is 23.3 Å². The summed E-state index contributed by atoms with van der Waals surface area (Å²) < 4.78 is 68.0. The van der Waals surface area contributed by atoms with Crippen LogP contribution in [0.1, 0.15) is 34.1 Å². The Hall–Kier alpha value is -3.94. The van der Waals surface area contributed by atoms with Crippen molar-refractivity contribution in [3.63, 3.8) is 0 Å². The van der Waals surface area contributed by atoms with Gasteiger partial charge in [-0.1, -0.05) is 40.4 Å². The molecule has 0 unspecified atom stereocenters. The Balaban J connectivity index is 1.60. The molecular weight excluding hydrogens is 724 g/mol. The molecule has 0 saturated heterocycles. The van der Waals surface area contributed by atoms with Crippen molar-refractivity contribution in [2.24, 2.45) is 14.1 Å². The molecule has 12 nitrogen and oxygen atoms in total. The summed E-state index contributed by atoms with van der Waals surface area (Å²) in [6.07, 6.45) is 3.62. The van der Waals surface area contributed by atoms with E-state index in [-0.39, 0.29) is 35.0 Å². The number of nitrogens with zero attached hydrogens (tertiary/aromatic N) is 6. The molecule has 1 N–H and O–H groups in total. The molecule has 1 atom stereocenters. The average Bonchev–Trinajstić information content (AvgIpc) is 3.55. The zero-order chi connectivity index (χ0) is 39.4. The van der Waals surface area contributed by atoms with Crippen LogP contribution in [0, 0.1) is 0 Å². The standard InChI is InChI=1S/C36H54F3N7O5Si2/c1-25(13-15-50-53(10,11)35(2,3)4)51-29-18-32(41-19-26(29)27-20-44(5)22-30(27)49-23-36(37,38)39)42-31-12-14-40-33(43-31)28-21-46(45(6)34(28)47)24-48-16-17-52(7,8)9/h12,14,18-22,25H,13,15-17,23-24H2,1-11H3,(H,40,41,42,43)/t25-/m0/s1. The van der Waals surface area contributed by atoms with Crippen molar-refractivity contribution >= 4 is 28.0 Å². The number of rotatable bonds is 17. The van der Waals surface area contributed by atoms with Gasteiger partial charge in [0.05, 0.1) is 6.10 Å². The normalized spacial score (nSPS) is 13.3. The van der Waals surface area contributed by atoms with Crippen LogP contribution in [0.5, 0.6) is 11.5 Å². The van der Waals surface area contributed by atoms with Crippen LogP contribution in [0.25, 0.3) is 22.5 Å². The summed E-state index contributed by atoms with van der Waals surface area (Å²) in [6.45, 7) is 19.5. The number of alkyl halides is 3. The van der Waals surface area contributed by atoms with Gasteiger partial charge in [-0.05, 0) is 37.2 Å². The summed E-state index contributed by atoms with van der Waals surface area (Å²) in [6, 6.07) is 4.31. The number of hydrogen-bond donors (Lipinski definition) is 1. The lowest BCUT2D eigenvalue weighted by molar-refractivity contribution is -0.153. The van der Waals surface area contributed by atoms with Crippen LogP contribution >= 0.6 is 0 Å². The molecule has 4 aromatic heterocycles. The SMILES string of the molecule is C[C@@H](CCO[Si](C)(C)C(C)(C)C)Oc1cc(Nc2ccnc(-c3cn(COCC[Si](C)(C)C)n(C)c3=O)n2)ncc1-c1cn(C)cc1OCC(F)(F)F. The summed E-state index contributed by atoms with van der Waals surface area (Å²) in [5, 5.41) is 3.22. The van der Waals surface area contributed by atoms with Gasteiger partial charge in [0.15, 0.2) is 20.7 Å². The van der Waals surface area contributed by atoms with Gasteiger partial charge in [0.25, 0.3) is 5.56 Å². The largest absolute Gasteiger partial charge is 0.490 e. The zero-order valence-electron chi connectivity index (χ0n) is 32.7. The number of halogens is 3. The number of pyridine rings is 1. The van der Waals surface area contributed by atoms with Gasteiger partial charge in [-0.2, -0.15) is 13.2 Å². The molecule has 17 heteroatoms. The van der Waals surface area contributed by atoms with Crippen molar-refractivity contribution in [2.45, 2.75) is 96.9 Å². The Morgan fingerprint density at radius 3 is 2.30 bits per heavy atom. The number of nitrogens with one attached hydrogen (secondary N) is 1. The third-order valence-electron chi connectivity index (χ3n) is 9.15. The maximum absolute atomic E-state index is 13.2. The van der Waals surface area contributed by atoms with Crippen molar-refractivity contribution < 1.29 is 31.8 Å². The fraction of sp³-hybridized carbons (Fsp3) is 0.556. The van der Waals surface area contributed by atoms with Gasteiger partial charge in [-0.3, -0.25) is 14.2 Å². The second-order valence-electron chi connectivity index (χ2n) is 16.0. The van der Waals surface area contributed by atoms with E-state index in [4.69, 9.17) is 18.6 Å². The lowest BCUT2D eigenvalue weighted by Gasteiger charge is -2.36. The Kier molecular flexibility index (Phi) is 13.1. The van der Waals surface area contributed by atoms with Gasteiger partial charge in [-0.25, -0.2) is 15.0 Å². The first-order valence-electron chi connectivity index (χ1n) is 17.6. The zero-order valence-corrected chi connectivity index (χ0v) is 34.7. The van der Waals surface area contributed by atoms with Crippen LogP contribution in [0.3, 0.4) is 0 Å². The van der Waals surface area contributed by atoms with Crippen LogP contribution in [-0.2, 0) is 30.0 Å². The predicted molar refractivity (Wildman–Crippen MR) is 206 cm³/mol. The van der Waals surface area contributed by atoms with Crippen LogP contribution in [0.2, 0.25) is 43.8 Å². The Bertz CT molecular complexity index is 1900. The molecule has 53 heavy (non-hydrogen) atoms. The Morgan fingerprint density at radius 2 is 1.64 bits per heavy atom. The van der Waals surface area contributed by atoms with E-state index >= 15 is 0 Å². The third-order valence-corrected chi connectivity index (χ3v) is 15.4. The second-order valence-corrected chi connectivity index (χ2v) is 26.5. The highest BCUT2D eigenvalue weighted by atomic mass is 28.4. The highest BCUT2D eigenvalue weighted by Gasteiger charge is 2.37. The summed E-state index contributed by atoms with van der Waals surface area (Å²) in [7, 11) is 0.119. The number of aromatic nitrogens is 6. The van der Waals surface area contributed by atoms with Crippen LogP contribution in [-0.4, -0.2) is 77.4 Å². The van der Waals surface area contributed by atoms with E-state index in [9.17, 15) is 18.0 Å². The summed E-state index contributed by atoms with van der Waals surface area (Å²) in [5.74, 6) is 1.36. The second kappa shape index (κ2) is 16.6. The van der Waals surface area contributed by atoms with Gasteiger partial charge in [0.1, 0.15) is 35.4 Å². The molecule has 0 aliphatic heterocycles. The highest BCUT2D eigenvalue weighted by Crippen LogP contribution is 2.40. The highest BCUT2D eigenvalue weighted by molar-refractivity contribution is 6.76. The van der Waals surface area contributed by atoms with Crippen LogP contribution < -0.4 is 20.3 Å². The predicted octanol–water partition coefficient (Wildman–Crippen LogP) is 8.22. The minimum atomic E-state index is -4.51. The van der Waals surface area contributed by atoms with Gasteiger partial charge in [0, 0.05) is 90.0 Å². The molecule has 4 rings (SSSR count). The van der Waals surface area contributed by atoms with Gasteiger partial charge >= 0.3 is 6.18 Å². The molecule has 0 bridgehead atoms. The van der Waals surface area contributed by atoms with E-state index < -0.39 is 29.2 Å². The molecule has 0 saturated carbocycles. The number of ether oxygens (including phenoxy) is 3. The number of anilines is 2. The van der Waals surface area contributed by atoms with E-state index in [1.807, 2.05) is 6.92 Å². The van der Waals surface area contributed by atoms with E-state index in [0.29, 0.717) is 53.7 Å². The molecule has 0 aliphatic rings. The molecule has 0 radical (unpaired) electrons. The molecule has 292 valence electrons. The molecule has 0 aliphatic carbocycles. The van der Waals surface area contributed by atoms with E-state index in [0.717, 1.165) is 6.04 Å². The van der Waals surface area contributed by atoms with E-state index in [1.54, 1.807) is 47.9 Å². The fourth-order valence-corrected chi connectivity index (χ4v) is 6.72. The van der Waals surface area contributed by atoms with E-state index in [2.05, 4.69) is 73.8 Å². The smallest absolute Gasteiger partial charge is 0.422 e. The maximum atomic E-state index is 13.2. The summed E-state index contributed by atoms with van der Waals surface area (Å²) in [5.41, 5.74) is 0.879. The maximum Gasteiger partial charge on any atom is 0.422 e. The van der Waals surface area contributed by atoms with Crippen LogP contribution in [0.4, 0.5) is 24.8 Å². The van der Waals surface area contributed by atoms with Crippen molar-refractivity contribution in [2.75, 3.05) is 25.1 Å². The van der Waals surface area contributed by atoms with Crippen molar-refractivity contribution in [3.8, 4) is 34.0 Å². The summed E-state index contributed by atoms with van der Waals surface area (Å²) >= 11 is 0.